The van der Waals surface area contributed by atoms with E-state index >= 15 is 0 Å². The predicted octanol–water partition coefficient (Wildman–Crippen LogP) is 0.777. The fourth-order valence-electron chi connectivity index (χ4n) is 2.46. The van der Waals surface area contributed by atoms with E-state index < -0.39 is 30.1 Å². The molecular formula is C15H23NO4. The molecule has 4 atom stereocenters. The molecule has 0 saturated heterocycles. The fourth-order valence-corrected chi connectivity index (χ4v) is 2.46. The lowest BCUT2D eigenvalue weighted by Gasteiger charge is -2.28. The van der Waals surface area contributed by atoms with Crippen LogP contribution in [0.4, 0.5) is 0 Å². The highest BCUT2D eigenvalue weighted by Crippen LogP contribution is 2.28. The average Bonchev–Trinajstić information content (AvgIpc) is 2.62. The molecule has 0 amide bonds. The molecule has 0 spiro atoms. The molecule has 5 nitrogen and oxygen atoms in total. The summed E-state index contributed by atoms with van der Waals surface area (Å²) in [4.78, 5) is 0. The number of aliphatic hydroxyl groups excluding tert-OH is 1. The quantitative estimate of drug-likeness (QED) is 0.694. The van der Waals surface area contributed by atoms with Crippen molar-refractivity contribution in [2.45, 2.75) is 57.0 Å². The lowest BCUT2D eigenvalue weighted by Crippen LogP contribution is -2.41. The SMILES string of the molecule is CC(C)(O)O[C@H]1CC(N)[C@@H](O)C1OCc1ccccc1. The second kappa shape index (κ2) is 6.20. The molecule has 1 aliphatic rings. The summed E-state index contributed by atoms with van der Waals surface area (Å²) in [6.45, 7) is 3.48. The van der Waals surface area contributed by atoms with Crippen molar-refractivity contribution in [3.05, 3.63) is 35.9 Å². The highest BCUT2D eigenvalue weighted by Gasteiger charge is 2.44. The first-order valence-corrected chi connectivity index (χ1v) is 6.86. The van der Waals surface area contributed by atoms with Gasteiger partial charge in [0.05, 0.1) is 18.8 Å². The van der Waals surface area contributed by atoms with Gasteiger partial charge in [-0.2, -0.15) is 0 Å². The van der Waals surface area contributed by atoms with Gasteiger partial charge < -0.3 is 25.4 Å². The smallest absolute Gasteiger partial charge is 0.160 e. The van der Waals surface area contributed by atoms with E-state index in [2.05, 4.69) is 0 Å². The van der Waals surface area contributed by atoms with Crippen LogP contribution < -0.4 is 5.73 Å². The fraction of sp³-hybridized carbons (Fsp3) is 0.600. The lowest BCUT2D eigenvalue weighted by molar-refractivity contribution is -0.230. The van der Waals surface area contributed by atoms with E-state index in [4.69, 9.17) is 15.2 Å². The molecule has 2 unspecified atom stereocenters. The van der Waals surface area contributed by atoms with Crippen molar-refractivity contribution < 1.29 is 19.7 Å². The van der Waals surface area contributed by atoms with Gasteiger partial charge in [0.15, 0.2) is 5.79 Å². The number of rotatable bonds is 5. The zero-order chi connectivity index (χ0) is 14.8. The summed E-state index contributed by atoms with van der Waals surface area (Å²) in [5.41, 5.74) is 6.87. The number of aliphatic hydroxyl groups is 2. The molecule has 20 heavy (non-hydrogen) atoms. The van der Waals surface area contributed by atoms with Crippen LogP contribution in [0.25, 0.3) is 0 Å². The molecule has 4 N–H and O–H groups in total. The van der Waals surface area contributed by atoms with Gasteiger partial charge in [-0.25, -0.2) is 0 Å². The molecule has 0 radical (unpaired) electrons. The van der Waals surface area contributed by atoms with E-state index in [9.17, 15) is 10.2 Å². The Hall–Kier alpha value is -0.980. The van der Waals surface area contributed by atoms with Gasteiger partial charge in [0.25, 0.3) is 0 Å². The standard InChI is InChI=1S/C15H23NO4/c1-15(2,18)20-12-8-11(16)13(17)14(12)19-9-10-6-4-3-5-7-10/h3-7,11-14,17-18H,8-9,16H2,1-2H3/t11?,12-,13+,14?/m0/s1. The van der Waals surface area contributed by atoms with Gasteiger partial charge in [0.1, 0.15) is 6.10 Å². The molecule has 5 heteroatoms. The summed E-state index contributed by atoms with van der Waals surface area (Å²) in [7, 11) is 0. The Morgan fingerprint density at radius 1 is 1.30 bits per heavy atom. The number of hydrogen-bond acceptors (Lipinski definition) is 5. The van der Waals surface area contributed by atoms with Crippen LogP contribution in [0, 0.1) is 0 Å². The third kappa shape index (κ3) is 4.01. The molecule has 112 valence electrons. The van der Waals surface area contributed by atoms with Gasteiger partial charge in [0, 0.05) is 6.04 Å². The predicted molar refractivity (Wildman–Crippen MR) is 74.8 cm³/mol. The Morgan fingerprint density at radius 2 is 1.95 bits per heavy atom. The Kier molecular flexibility index (Phi) is 4.78. The van der Waals surface area contributed by atoms with Crippen LogP contribution in [0.3, 0.4) is 0 Å². The van der Waals surface area contributed by atoms with Crippen LogP contribution in [0.5, 0.6) is 0 Å². The number of nitrogens with two attached hydrogens (primary N) is 1. The second-order valence-electron chi connectivity index (χ2n) is 5.75. The molecule has 1 aromatic carbocycles. The summed E-state index contributed by atoms with van der Waals surface area (Å²) in [6.07, 6.45) is -1.27. The Balaban J connectivity index is 1.99. The van der Waals surface area contributed by atoms with Crippen molar-refractivity contribution in [1.29, 1.82) is 0 Å². The van der Waals surface area contributed by atoms with Gasteiger partial charge >= 0.3 is 0 Å². The van der Waals surface area contributed by atoms with Crippen LogP contribution in [0.1, 0.15) is 25.8 Å². The third-order valence-corrected chi connectivity index (χ3v) is 3.37. The molecule has 0 bridgehead atoms. The van der Waals surface area contributed by atoms with E-state index in [1.54, 1.807) is 13.8 Å². The number of benzene rings is 1. The van der Waals surface area contributed by atoms with Gasteiger partial charge in [-0.3, -0.25) is 0 Å². The summed E-state index contributed by atoms with van der Waals surface area (Å²) in [5, 5.41) is 19.8. The van der Waals surface area contributed by atoms with Crippen LogP contribution in [0.2, 0.25) is 0 Å². The van der Waals surface area contributed by atoms with Crippen molar-refractivity contribution >= 4 is 0 Å². The summed E-state index contributed by atoms with van der Waals surface area (Å²) in [6, 6.07) is 9.30. The second-order valence-corrected chi connectivity index (χ2v) is 5.75. The number of ether oxygens (including phenoxy) is 2. The monoisotopic (exact) mass is 281 g/mol. The highest BCUT2D eigenvalue weighted by atomic mass is 16.6. The summed E-state index contributed by atoms with van der Waals surface area (Å²) >= 11 is 0. The van der Waals surface area contributed by atoms with Crippen molar-refractivity contribution in [1.82, 2.24) is 0 Å². The maximum atomic E-state index is 10.1. The minimum Gasteiger partial charge on any atom is -0.389 e. The van der Waals surface area contributed by atoms with Crippen molar-refractivity contribution in [3.8, 4) is 0 Å². The first kappa shape index (κ1) is 15.4. The van der Waals surface area contributed by atoms with Gasteiger partial charge in [0.2, 0.25) is 0 Å². The Labute approximate surface area is 119 Å². The first-order chi connectivity index (χ1) is 9.37. The van der Waals surface area contributed by atoms with Crippen molar-refractivity contribution in [2.75, 3.05) is 0 Å². The van der Waals surface area contributed by atoms with Crippen LogP contribution >= 0.6 is 0 Å². The molecule has 0 heterocycles. The molecule has 0 aliphatic heterocycles. The molecule has 2 rings (SSSR count). The van der Waals surface area contributed by atoms with E-state index in [0.717, 1.165) is 5.56 Å². The average molecular weight is 281 g/mol. The van der Waals surface area contributed by atoms with Gasteiger partial charge in [-0.1, -0.05) is 30.3 Å². The summed E-state index contributed by atoms with van der Waals surface area (Å²) in [5.74, 6) is -1.27. The minimum absolute atomic E-state index is 0.376. The zero-order valence-corrected chi connectivity index (χ0v) is 11.9. The van der Waals surface area contributed by atoms with E-state index in [0.29, 0.717) is 13.0 Å². The van der Waals surface area contributed by atoms with Crippen molar-refractivity contribution in [3.63, 3.8) is 0 Å². The van der Waals surface area contributed by atoms with Gasteiger partial charge in [-0.15, -0.1) is 0 Å². The largest absolute Gasteiger partial charge is 0.389 e. The Morgan fingerprint density at radius 3 is 2.55 bits per heavy atom. The lowest BCUT2D eigenvalue weighted by atomic mass is 10.2. The van der Waals surface area contributed by atoms with E-state index in [1.807, 2.05) is 30.3 Å². The summed E-state index contributed by atoms with van der Waals surface area (Å²) < 4.78 is 11.3. The topological polar surface area (TPSA) is 84.9 Å². The molecule has 1 saturated carbocycles. The van der Waals surface area contributed by atoms with E-state index in [-0.39, 0.29) is 0 Å². The normalized spacial score (nSPS) is 30.6. The zero-order valence-electron chi connectivity index (χ0n) is 11.9. The van der Waals surface area contributed by atoms with E-state index in [1.165, 1.54) is 0 Å². The third-order valence-electron chi connectivity index (χ3n) is 3.37. The van der Waals surface area contributed by atoms with Gasteiger partial charge in [-0.05, 0) is 25.8 Å². The molecular weight excluding hydrogens is 258 g/mol. The van der Waals surface area contributed by atoms with Crippen LogP contribution in [-0.2, 0) is 16.1 Å². The van der Waals surface area contributed by atoms with Crippen molar-refractivity contribution in [2.24, 2.45) is 5.73 Å². The maximum Gasteiger partial charge on any atom is 0.160 e. The highest BCUT2D eigenvalue weighted by molar-refractivity contribution is 5.13. The van der Waals surface area contributed by atoms with Crippen LogP contribution in [-0.4, -0.2) is 40.4 Å². The maximum absolute atomic E-state index is 10.1. The Bertz CT molecular complexity index is 418. The van der Waals surface area contributed by atoms with Crippen LogP contribution in [0.15, 0.2) is 30.3 Å². The molecule has 0 aromatic heterocycles. The number of hydrogen-bond donors (Lipinski definition) is 3. The first-order valence-electron chi connectivity index (χ1n) is 6.86. The molecule has 1 aromatic rings. The minimum atomic E-state index is -1.27. The molecule has 1 fully saturated rings. The molecule has 1 aliphatic carbocycles.